The summed E-state index contributed by atoms with van der Waals surface area (Å²) in [5, 5.41) is 2.47. The highest BCUT2D eigenvalue weighted by atomic mass is 32.2. The lowest BCUT2D eigenvalue weighted by Crippen LogP contribution is -2.38. The summed E-state index contributed by atoms with van der Waals surface area (Å²) in [7, 11) is -7.95. The highest BCUT2D eigenvalue weighted by Gasteiger charge is 2.27. The van der Waals surface area contributed by atoms with E-state index in [-0.39, 0.29) is 22.9 Å². The van der Waals surface area contributed by atoms with Crippen LogP contribution in [0.3, 0.4) is 0 Å². The SMILES string of the molecule is O=S(=O)(NCCN(c1ccccc1)S(=O)(=O)c1cccc2cnccc12)c1cccc2cnccc12. The number of hydrogen-bond donors (Lipinski definition) is 1. The molecule has 36 heavy (non-hydrogen) atoms. The lowest BCUT2D eigenvalue weighted by Gasteiger charge is -2.25. The van der Waals surface area contributed by atoms with Gasteiger partial charge >= 0.3 is 0 Å². The van der Waals surface area contributed by atoms with E-state index in [1.54, 1.807) is 91.4 Å². The zero-order valence-corrected chi connectivity index (χ0v) is 20.7. The molecule has 0 aliphatic rings. The first-order valence-corrected chi connectivity index (χ1v) is 14.0. The lowest BCUT2D eigenvalue weighted by atomic mass is 10.2. The second-order valence-electron chi connectivity index (χ2n) is 8.02. The lowest BCUT2D eigenvalue weighted by molar-refractivity contribution is 0.578. The molecule has 0 radical (unpaired) electrons. The summed E-state index contributed by atoms with van der Waals surface area (Å²) < 4.78 is 57.8. The van der Waals surface area contributed by atoms with E-state index >= 15 is 0 Å². The van der Waals surface area contributed by atoms with Crippen LogP contribution in [-0.4, -0.2) is 39.9 Å². The van der Waals surface area contributed by atoms with Crippen LogP contribution < -0.4 is 9.03 Å². The molecule has 0 spiro atoms. The summed E-state index contributed by atoms with van der Waals surface area (Å²) in [5.41, 5.74) is 0.430. The molecule has 0 saturated heterocycles. The Bertz CT molecular complexity index is 1750. The van der Waals surface area contributed by atoms with Crippen molar-refractivity contribution in [1.29, 1.82) is 0 Å². The molecule has 0 aliphatic heterocycles. The summed E-state index contributed by atoms with van der Waals surface area (Å²) in [6.07, 6.45) is 6.28. The quantitative estimate of drug-likeness (QED) is 0.333. The van der Waals surface area contributed by atoms with Gasteiger partial charge in [0, 0.05) is 59.4 Å². The van der Waals surface area contributed by atoms with Gasteiger partial charge in [-0.15, -0.1) is 0 Å². The molecule has 0 amide bonds. The van der Waals surface area contributed by atoms with Crippen molar-refractivity contribution < 1.29 is 16.8 Å². The summed E-state index contributed by atoms with van der Waals surface area (Å²) in [6.45, 7) is -0.246. The first-order valence-electron chi connectivity index (χ1n) is 11.1. The Kier molecular flexibility index (Phi) is 6.40. The molecule has 0 bridgehead atoms. The fourth-order valence-corrected chi connectivity index (χ4v) is 7.04. The number of aromatic nitrogens is 2. The van der Waals surface area contributed by atoms with Gasteiger partial charge in [-0.1, -0.05) is 42.5 Å². The van der Waals surface area contributed by atoms with E-state index in [1.165, 1.54) is 16.6 Å². The number of para-hydroxylation sites is 1. The predicted molar refractivity (Wildman–Crippen MR) is 140 cm³/mol. The first-order chi connectivity index (χ1) is 17.4. The number of fused-ring (bicyclic) bond motifs is 2. The monoisotopic (exact) mass is 518 g/mol. The Morgan fingerprint density at radius 1 is 0.667 bits per heavy atom. The Morgan fingerprint density at radius 2 is 1.25 bits per heavy atom. The molecule has 5 rings (SSSR count). The van der Waals surface area contributed by atoms with Crippen LogP contribution in [0, 0.1) is 0 Å². The second kappa shape index (κ2) is 9.65. The van der Waals surface area contributed by atoms with Crippen LogP contribution in [0.25, 0.3) is 21.5 Å². The maximum Gasteiger partial charge on any atom is 0.264 e. The van der Waals surface area contributed by atoms with Crippen molar-refractivity contribution in [3.05, 3.63) is 104 Å². The highest BCUT2D eigenvalue weighted by Crippen LogP contribution is 2.29. The predicted octanol–water partition coefficient (Wildman–Crippen LogP) is 3.96. The summed E-state index contributed by atoms with van der Waals surface area (Å²) in [4.78, 5) is 8.35. The summed E-state index contributed by atoms with van der Waals surface area (Å²) >= 11 is 0. The molecule has 1 N–H and O–H groups in total. The largest absolute Gasteiger partial charge is 0.265 e. The number of nitrogens with one attached hydrogen (secondary N) is 1. The fraction of sp³-hybridized carbons (Fsp3) is 0.0769. The Labute approximate surface area is 209 Å². The average molecular weight is 519 g/mol. The fourth-order valence-electron chi connectivity index (χ4n) is 4.11. The van der Waals surface area contributed by atoms with Crippen LogP contribution in [0.2, 0.25) is 0 Å². The van der Waals surface area contributed by atoms with Crippen molar-refractivity contribution in [1.82, 2.24) is 14.7 Å². The zero-order chi connectivity index (χ0) is 25.2. The molecule has 5 aromatic rings. The van der Waals surface area contributed by atoms with Crippen molar-refractivity contribution in [2.24, 2.45) is 0 Å². The molecule has 182 valence electrons. The normalized spacial score (nSPS) is 12.1. The van der Waals surface area contributed by atoms with Crippen LogP contribution in [-0.2, 0) is 20.0 Å². The second-order valence-corrected chi connectivity index (χ2v) is 11.6. The molecule has 10 heteroatoms. The van der Waals surface area contributed by atoms with Gasteiger partial charge in [0.1, 0.15) is 0 Å². The van der Waals surface area contributed by atoms with E-state index < -0.39 is 20.0 Å². The van der Waals surface area contributed by atoms with Crippen LogP contribution in [0.5, 0.6) is 0 Å². The van der Waals surface area contributed by atoms with Crippen molar-refractivity contribution in [2.45, 2.75) is 9.79 Å². The standard InChI is InChI=1S/C26H22N4O4S2/c31-35(32,25-10-4-6-20-18-27-14-12-23(20)25)29-16-17-30(22-8-2-1-3-9-22)36(33,34)26-11-5-7-21-19-28-15-13-24(21)26/h1-15,18-19,29H,16-17H2. The average Bonchev–Trinajstić information content (AvgIpc) is 2.90. The molecule has 0 aliphatic carbocycles. The Balaban J connectivity index is 1.47. The number of pyridine rings is 2. The maximum absolute atomic E-state index is 13.9. The number of sulfonamides is 2. The third kappa shape index (κ3) is 4.53. The van der Waals surface area contributed by atoms with Crippen LogP contribution in [0.1, 0.15) is 0 Å². The summed E-state index contributed by atoms with van der Waals surface area (Å²) in [5.74, 6) is 0. The van der Waals surface area contributed by atoms with E-state index in [0.29, 0.717) is 27.2 Å². The molecule has 0 fully saturated rings. The first kappa shape index (κ1) is 23.9. The number of anilines is 1. The molecule has 3 aromatic carbocycles. The van der Waals surface area contributed by atoms with Crippen LogP contribution in [0.15, 0.2) is 113 Å². The van der Waals surface area contributed by atoms with Crippen LogP contribution in [0.4, 0.5) is 5.69 Å². The van der Waals surface area contributed by atoms with Gasteiger partial charge in [-0.25, -0.2) is 21.6 Å². The molecular formula is C26H22N4O4S2. The third-order valence-corrected chi connectivity index (χ3v) is 9.19. The number of benzene rings is 3. The van der Waals surface area contributed by atoms with E-state index in [4.69, 9.17) is 0 Å². The van der Waals surface area contributed by atoms with Gasteiger partial charge in [-0.3, -0.25) is 14.3 Å². The van der Waals surface area contributed by atoms with E-state index in [0.717, 1.165) is 0 Å². The van der Waals surface area contributed by atoms with E-state index in [1.807, 2.05) is 0 Å². The number of rotatable bonds is 8. The van der Waals surface area contributed by atoms with Gasteiger partial charge in [0.05, 0.1) is 15.5 Å². The maximum atomic E-state index is 13.9. The zero-order valence-electron chi connectivity index (χ0n) is 19.0. The summed E-state index contributed by atoms with van der Waals surface area (Å²) in [6, 6.07) is 21.9. The van der Waals surface area contributed by atoms with Gasteiger partial charge in [0.2, 0.25) is 10.0 Å². The molecule has 0 saturated carbocycles. The Morgan fingerprint density at radius 3 is 1.89 bits per heavy atom. The molecule has 0 atom stereocenters. The van der Waals surface area contributed by atoms with E-state index in [2.05, 4.69) is 14.7 Å². The minimum absolute atomic E-state index is 0.109. The topological polar surface area (TPSA) is 109 Å². The van der Waals surface area contributed by atoms with Gasteiger partial charge in [0.25, 0.3) is 10.0 Å². The number of nitrogens with zero attached hydrogens (tertiary/aromatic N) is 3. The van der Waals surface area contributed by atoms with Crippen molar-refractivity contribution >= 4 is 47.3 Å². The van der Waals surface area contributed by atoms with Crippen molar-refractivity contribution in [2.75, 3.05) is 17.4 Å². The highest BCUT2D eigenvalue weighted by molar-refractivity contribution is 7.93. The van der Waals surface area contributed by atoms with Crippen molar-refractivity contribution in [3.8, 4) is 0 Å². The van der Waals surface area contributed by atoms with Gasteiger partial charge < -0.3 is 0 Å². The Hall–Kier alpha value is -3.86. The molecule has 0 unspecified atom stereocenters. The minimum Gasteiger partial charge on any atom is -0.265 e. The van der Waals surface area contributed by atoms with Gasteiger partial charge in [-0.05, 0) is 36.4 Å². The molecular weight excluding hydrogens is 496 g/mol. The molecule has 2 aromatic heterocycles. The smallest absolute Gasteiger partial charge is 0.264 e. The van der Waals surface area contributed by atoms with Crippen LogP contribution >= 0.6 is 0 Å². The third-order valence-electron chi connectivity index (χ3n) is 5.79. The number of hydrogen-bond acceptors (Lipinski definition) is 6. The molecule has 8 nitrogen and oxygen atoms in total. The van der Waals surface area contributed by atoms with E-state index in [9.17, 15) is 16.8 Å². The molecule has 2 heterocycles. The van der Waals surface area contributed by atoms with Gasteiger partial charge in [-0.2, -0.15) is 0 Å². The minimum atomic E-state index is -4.04. The van der Waals surface area contributed by atoms with Crippen molar-refractivity contribution in [3.63, 3.8) is 0 Å². The van der Waals surface area contributed by atoms with Gasteiger partial charge in [0.15, 0.2) is 0 Å².